The number of aryl methyl sites for hydroxylation is 1. The summed E-state index contributed by atoms with van der Waals surface area (Å²) in [5.41, 5.74) is 3.04. The highest BCUT2D eigenvalue weighted by molar-refractivity contribution is 5.40. The van der Waals surface area contributed by atoms with E-state index in [0.29, 0.717) is 17.4 Å². The molecule has 0 saturated heterocycles. The van der Waals surface area contributed by atoms with Crippen LogP contribution in [-0.2, 0) is 0 Å². The molecule has 0 aromatic heterocycles. The third kappa shape index (κ3) is 3.01. The molecule has 2 nitrogen and oxygen atoms in total. The lowest BCUT2D eigenvalue weighted by Gasteiger charge is -2.35. The summed E-state index contributed by atoms with van der Waals surface area (Å²) in [5, 5.41) is 3.56. The lowest BCUT2D eigenvalue weighted by atomic mass is 9.75. The molecule has 2 atom stereocenters. The zero-order valence-corrected chi connectivity index (χ0v) is 13.6. The largest absolute Gasteiger partial charge is 0.494 e. The van der Waals surface area contributed by atoms with Crippen molar-refractivity contribution in [1.82, 2.24) is 5.32 Å². The van der Waals surface area contributed by atoms with Crippen molar-refractivity contribution in [2.24, 2.45) is 11.3 Å². The monoisotopic (exact) mass is 275 g/mol. The summed E-state index contributed by atoms with van der Waals surface area (Å²) in [4.78, 5) is 0. The Balaban J connectivity index is 2.38. The van der Waals surface area contributed by atoms with Crippen molar-refractivity contribution < 1.29 is 4.74 Å². The molecule has 1 aliphatic rings. The van der Waals surface area contributed by atoms with Crippen molar-refractivity contribution in [3.05, 3.63) is 29.3 Å². The van der Waals surface area contributed by atoms with E-state index in [2.05, 4.69) is 58.3 Å². The van der Waals surface area contributed by atoms with E-state index in [1.807, 2.05) is 0 Å². The van der Waals surface area contributed by atoms with E-state index in [-0.39, 0.29) is 0 Å². The van der Waals surface area contributed by atoms with Gasteiger partial charge in [-0.1, -0.05) is 38.0 Å². The zero-order valence-electron chi connectivity index (χ0n) is 13.6. The minimum Gasteiger partial charge on any atom is -0.494 e. The van der Waals surface area contributed by atoms with Gasteiger partial charge in [0.25, 0.3) is 0 Å². The van der Waals surface area contributed by atoms with Crippen LogP contribution >= 0.6 is 0 Å². The van der Waals surface area contributed by atoms with Crippen LogP contribution in [0.4, 0.5) is 0 Å². The molecular formula is C18H29NO. The average Bonchev–Trinajstić information content (AvgIpc) is 2.74. The fourth-order valence-electron chi connectivity index (χ4n) is 3.74. The summed E-state index contributed by atoms with van der Waals surface area (Å²) in [6.45, 7) is 9.75. The Morgan fingerprint density at radius 2 is 2.15 bits per heavy atom. The zero-order chi connectivity index (χ0) is 14.8. The van der Waals surface area contributed by atoms with E-state index in [0.717, 1.165) is 12.4 Å². The van der Waals surface area contributed by atoms with Crippen LogP contribution in [0.5, 0.6) is 5.75 Å². The highest BCUT2D eigenvalue weighted by Gasteiger charge is 2.40. The third-order valence-electron chi connectivity index (χ3n) is 4.85. The maximum atomic E-state index is 5.86. The molecule has 1 aromatic carbocycles. The second kappa shape index (κ2) is 6.17. The maximum Gasteiger partial charge on any atom is 0.124 e. The quantitative estimate of drug-likeness (QED) is 0.855. The molecule has 1 fully saturated rings. The van der Waals surface area contributed by atoms with Crippen LogP contribution < -0.4 is 10.1 Å². The van der Waals surface area contributed by atoms with Gasteiger partial charge in [-0.15, -0.1) is 0 Å². The van der Waals surface area contributed by atoms with Crippen molar-refractivity contribution in [2.45, 2.75) is 53.0 Å². The first-order valence-electron chi connectivity index (χ1n) is 7.90. The molecule has 0 amide bonds. The number of hydrogen-bond donors (Lipinski definition) is 1. The third-order valence-corrected chi connectivity index (χ3v) is 4.85. The molecule has 1 aromatic rings. The fraction of sp³-hybridized carbons (Fsp3) is 0.667. The minimum absolute atomic E-state index is 0.383. The molecule has 2 rings (SSSR count). The Morgan fingerprint density at radius 3 is 2.70 bits per heavy atom. The summed E-state index contributed by atoms with van der Waals surface area (Å²) < 4.78 is 5.86. The molecule has 20 heavy (non-hydrogen) atoms. The summed E-state index contributed by atoms with van der Waals surface area (Å²) in [7, 11) is 2.08. The van der Waals surface area contributed by atoms with Crippen LogP contribution in [0, 0.1) is 18.3 Å². The van der Waals surface area contributed by atoms with Crippen molar-refractivity contribution in [3.8, 4) is 5.75 Å². The van der Waals surface area contributed by atoms with Crippen LogP contribution in [0.15, 0.2) is 18.2 Å². The van der Waals surface area contributed by atoms with Gasteiger partial charge < -0.3 is 10.1 Å². The Labute approximate surface area is 123 Å². The van der Waals surface area contributed by atoms with Crippen LogP contribution in [0.3, 0.4) is 0 Å². The van der Waals surface area contributed by atoms with E-state index in [9.17, 15) is 0 Å². The number of rotatable bonds is 5. The van der Waals surface area contributed by atoms with Crippen LogP contribution in [0.1, 0.15) is 57.2 Å². The number of ether oxygens (including phenoxy) is 1. The van der Waals surface area contributed by atoms with Gasteiger partial charge in [-0.05, 0) is 51.1 Å². The lowest BCUT2D eigenvalue weighted by molar-refractivity contribution is 0.199. The van der Waals surface area contributed by atoms with Crippen molar-refractivity contribution in [1.29, 1.82) is 0 Å². The molecule has 0 aliphatic heterocycles. The van der Waals surface area contributed by atoms with Crippen molar-refractivity contribution in [2.75, 3.05) is 13.7 Å². The van der Waals surface area contributed by atoms with Gasteiger partial charge in [0.05, 0.1) is 6.61 Å². The summed E-state index contributed by atoms with van der Waals surface area (Å²) in [6, 6.07) is 6.94. The van der Waals surface area contributed by atoms with Crippen LogP contribution in [0.25, 0.3) is 0 Å². The summed E-state index contributed by atoms with van der Waals surface area (Å²) in [5.74, 6) is 1.72. The molecule has 0 bridgehead atoms. The van der Waals surface area contributed by atoms with Gasteiger partial charge in [-0.3, -0.25) is 0 Å². The highest BCUT2D eigenvalue weighted by Crippen LogP contribution is 2.49. The SMILES string of the molecule is CCOc1ccc(C)cc1C(NC)C1CCCC1(C)C. The van der Waals surface area contributed by atoms with Crippen molar-refractivity contribution in [3.63, 3.8) is 0 Å². The second-order valence-electron chi connectivity index (χ2n) is 6.73. The molecular weight excluding hydrogens is 246 g/mol. The van der Waals surface area contributed by atoms with Gasteiger partial charge in [0.1, 0.15) is 5.75 Å². The smallest absolute Gasteiger partial charge is 0.124 e. The number of hydrogen-bond acceptors (Lipinski definition) is 2. The Kier molecular flexibility index (Phi) is 4.74. The van der Waals surface area contributed by atoms with E-state index in [1.165, 1.54) is 30.4 Å². The summed E-state index contributed by atoms with van der Waals surface area (Å²) >= 11 is 0. The van der Waals surface area contributed by atoms with E-state index in [1.54, 1.807) is 0 Å². The molecule has 0 spiro atoms. The summed E-state index contributed by atoms with van der Waals surface area (Å²) in [6.07, 6.45) is 3.97. The highest BCUT2D eigenvalue weighted by atomic mass is 16.5. The van der Waals surface area contributed by atoms with Crippen LogP contribution in [-0.4, -0.2) is 13.7 Å². The van der Waals surface area contributed by atoms with E-state index >= 15 is 0 Å². The minimum atomic E-state index is 0.383. The van der Waals surface area contributed by atoms with Gasteiger partial charge in [0.2, 0.25) is 0 Å². The predicted molar refractivity (Wildman–Crippen MR) is 85.3 cm³/mol. The number of nitrogens with one attached hydrogen (secondary N) is 1. The Bertz CT molecular complexity index is 453. The number of benzene rings is 1. The molecule has 1 saturated carbocycles. The Hall–Kier alpha value is -1.02. The molecule has 1 aliphatic carbocycles. The molecule has 1 N–H and O–H groups in total. The topological polar surface area (TPSA) is 21.3 Å². The van der Waals surface area contributed by atoms with Crippen LogP contribution in [0.2, 0.25) is 0 Å². The molecule has 0 heterocycles. The van der Waals surface area contributed by atoms with Gasteiger partial charge in [-0.2, -0.15) is 0 Å². The molecule has 112 valence electrons. The molecule has 2 unspecified atom stereocenters. The van der Waals surface area contributed by atoms with Crippen molar-refractivity contribution >= 4 is 0 Å². The average molecular weight is 275 g/mol. The molecule has 0 radical (unpaired) electrons. The van der Waals surface area contributed by atoms with Gasteiger partial charge in [-0.25, -0.2) is 0 Å². The molecule has 2 heteroatoms. The van der Waals surface area contributed by atoms with E-state index in [4.69, 9.17) is 4.74 Å². The van der Waals surface area contributed by atoms with E-state index < -0.39 is 0 Å². The lowest BCUT2D eigenvalue weighted by Crippen LogP contribution is -2.32. The first kappa shape index (κ1) is 15.4. The first-order valence-corrected chi connectivity index (χ1v) is 7.90. The fourth-order valence-corrected chi connectivity index (χ4v) is 3.74. The standard InChI is InChI=1S/C18H29NO/c1-6-20-16-10-9-13(2)12-14(16)17(19-5)15-8-7-11-18(15,3)4/h9-10,12,15,17,19H,6-8,11H2,1-5H3. The normalized spacial score (nSPS) is 22.8. The maximum absolute atomic E-state index is 5.86. The first-order chi connectivity index (χ1) is 9.49. The van der Waals surface area contributed by atoms with Gasteiger partial charge >= 0.3 is 0 Å². The predicted octanol–water partition coefficient (Wildman–Crippen LogP) is 4.48. The van der Waals surface area contributed by atoms with Gasteiger partial charge in [0, 0.05) is 11.6 Å². The second-order valence-corrected chi connectivity index (χ2v) is 6.73. The van der Waals surface area contributed by atoms with Gasteiger partial charge in [0.15, 0.2) is 0 Å². The Morgan fingerprint density at radius 1 is 1.40 bits per heavy atom.